The first-order chi connectivity index (χ1) is 9.79. The molecule has 2 aromatic carbocycles. The van der Waals surface area contributed by atoms with E-state index in [9.17, 15) is 0 Å². The van der Waals surface area contributed by atoms with Gasteiger partial charge in [0.1, 0.15) is 0 Å². The van der Waals surface area contributed by atoms with Gasteiger partial charge in [-0.05, 0) is 50.5 Å². The van der Waals surface area contributed by atoms with E-state index in [1.807, 2.05) is 18.2 Å². The highest BCUT2D eigenvalue weighted by atomic mass is 79.9. The first-order valence-corrected chi connectivity index (χ1v) is 8.14. The van der Waals surface area contributed by atoms with Crippen LogP contribution >= 0.6 is 27.3 Å². The van der Waals surface area contributed by atoms with E-state index in [0.717, 1.165) is 10.2 Å². The predicted molar refractivity (Wildman–Crippen MR) is 91.4 cm³/mol. The van der Waals surface area contributed by atoms with Crippen molar-refractivity contribution in [1.29, 1.82) is 0 Å². The fourth-order valence-electron chi connectivity index (χ4n) is 2.30. The minimum atomic E-state index is 0.116. The van der Waals surface area contributed by atoms with Gasteiger partial charge >= 0.3 is 0 Å². The molecule has 0 saturated heterocycles. The predicted octanol–water partition coefficient (Wildman–Crippen LogP) is 4.78. The summed E-state index contributed by atoms with van der Waals surface area (Å²) in [6, 6.07) is 16.7. The van der Waals surface area contributed by atoms with Gasteiger partial charge in [0.05, 0.1) is 6.04 Å². The highest BCUT2D eigenvalue weighted by Crippen LogP contribution is 2.33. The number of anilines is 1. The number of halogens is 1. The summed E-state index contributed by atoms with van der Waals surface area (Å²) in [5.74, 6) is 0. The number of rotatable bonds is 4. The molecule has 0 aliphatic heterocycles. The van der Waals surface area contributed by atoms with Gasteiger partial charge in [-0.2, -0.15) is 0 Å². The molecule has 3 rings (SSSR count). The Bertz CT molecular complexity index is 723. The Labute approximate surface area is 130 Å². The SMILES string of the molecule is NCC(Nc1ccccc1Br)c1csc2ccccc12. The van der Waals surface area contributed by atoms with E-state index in [-0.39, 0.29) is 6.04 Å². The topological polar surface area (TPSA) is 38.0 Å². The molecule has 4 heteroatoms. The molecule has 0 amide bonds. The van der Waals surface area contributed by atoms with E-state index in [1.54, 1.807) is 11.3 Å². The lowest BCUT2D eigenvalue weighted by molar-refractivity contribution is 0.798. The minimum Gasteiger partial charge on any atom is -0.376 e. The summed E-state index contributed by atoms with van der Waals surface area (Å²) < 4.78 is 2.35. The second-order valence-electron chi connectivity index (χ2n) is 4.60. The molecule has 0 fully saturated rings. The number of para-hydroxylation sites is 1. The van der Waals surface area contributed by atoms with Crippen LogP contribution in [0.2, 0.25) is 0 Å². The lowest BCUT2D eigenvalue weighted by Crippen LogP contribution is -2.20. The maximum atomic E-state index is 5.98. The van der Waals surface area contributed by atoms with Crippen LogP contribution in [0.25, 0.3) is 10.1 Å². The molecule has 1 aromatic heterocycles. The minimum absolute atomic E-state index is 0.116. The van der Waals surface area contributed by atoms with Crippen LogP contribution in [0.3, 0.4) is 0 Å². The van der Waals surface area contributed by atoms with Crippen LogP contribution in [0, 0.1) is 0 Å². The van der Waals surface area contributed by atoms with E-state index in [4.69, 9.17) is 5.73 Å². The Balaban J connectivity index is 1.96. The van der Waals surface area contributed by atoms with E-state index >= 15 is 0 Å². The van der Waals surface area contributed by atoms with Crippen molar-refractivity contribution in [3.63, 3.8) is 0 Å². The zero-order valence-corrected chi connectivity index (χ0v) is 13.2. The van der Waals surface area contributed by atoms with Crippen molar-refractivity contribution in [2.45, 2.75) is 6.04 Å². The van der Waals surface area contributed by atoms with E-state index in [1.165, 1.54) is 15.6 Å². The molecule has 0 bridgehead atoms. The Hall–Kier alpha value is -1.36. The molecule has 1 unspecified atom stereocenters. The van der Waals surface area contributed by atoms with Crippen LogP contribution in [0.1, 0.15) is 11.6 Å². The first-order valence-electron chi connectivity index (χ1n) is 6.47. The first kappa shape index (κ1) is 13.6. The van der Waals surface area contributed by atoms with E-state index in [0.29, 0.717) is 6.54 Å². The van der Waals surface area contributed by atoms with Gasteiger partial charge in [-0.3, -0.25) is 0 Å². The van der Waals surface area contributed by atoms with Gasteiger partial charge in [0, 0.05) is 21.4 Å². The zero-order chi connectivity index (χ0) is 13.9. The smallest absolute Gasteiger partial charge is 0.0650 e. The molecule has 1 atom stereocenters. The molecule has 0 radical (unpaired) electrons. The maximum Gasteiger partial charge on any atom is 0.0650 e. The van der Waals surface area contributed by atoms with Crippen LogP contribution in [0.4, 0.5) is 5.69 Å². The zero-order valence-electron chi connectivity index (χ0n) is 10.8. The van der Waals surface area contributed by atoms with Crippen LogP contribution < -0.4 is 11.1 Å². The third kappa shape index (κ3) is 2.59. The molecule has 20 heavy (non-hydrogen) atoms. The quantitative estimate of drug-likeness (QED) is 0.713. The molecule has 1 heterocycles. The lowest BCUT2D eigenvalue weighted by atomic mass is 10.1. The molecule has 0 saturated carbocycles. The van der Waals surface area contributed by atoms with Crippen LogP contribution in [0.5, 0.6) is 0 Å². The van der Waals surface area contributed by atoms with Crippen LogP contribution in [0.15, 0.2) is 58.4 Å². The van der Waals surface area contributed by atoms with E-state index in [2.05, 4.69) is 57.0 Å². The maximum absolute atomic E-state index is 5.98. The Kier molecular flexibility index (Phi) is 4.05. The standard InChI is InChI=1S/C16H15BrN2S/c17-13-6-2-3-7-14(13)19-15(9-18)12-10-20-16-8-4-1-5-11(12)16/h1-8,10,15,19H,9,18H2. The summed E-state index contributed by atoms with van der Waals surface area (Å²) in [6.07, 6.45) is 0. The second kappa shape index (κ2) is 5.95. The summed E-state index contributed by atoms with van der Waals surface area (Å²) >= 11 is 5.33. The van der Waals surface area contributed by atoms with E-state index < -0.39 is 0 Å². The van der Waals surface area contributed by atoms with Crippen molar-refractivity contribution in [3.8, 4) is 0 Å². The number of hydrogen-bond donors (Lipinski definition) is 2. The molecule has 102 valence electrons. The average molecular weight is 347 g/mol. The fourth-order valence-corrected chi connectivity index (χ4v) is 3.71. The number of benzene rings is 2. The highest BCUT2D eigenvalue weighted by molar-refractivity contribution is 9.10. The molecule has 0 aliphatic carbocycles. The second-order valence-corrected chi connectivity index (χ2v) is 6.37. The average Bonchev–Trinajstić information content (AvgIpc) is 2.90. The lowest BCUT2D eigenvalue weighted by Gasteiger charge is -2.19. The number of fused-ring (bicyclic) bond motifs is 1. The van der Waals surface area contributed by atoms with Gasteiger partial charge in [0.2, 0.25) is 0 Å². The molecule has 3 N–H and O–H groups in total. The molecular weight excluding hydrogens is 332 g/mol. The summed E-state index contributed by atoms with van der Waals surface area (Å²) in [6.45, 7) is 0.558. The van der Waals surface area contributed by atoms with Gasteiger partial charge in [-0.25, -0.2) is 0 Å². The number of hydrogen-bond acceptors (Lipinski definition) is 3. The number of nitrogens with two attached hydrogens (primary N) is 1. The summed E-state index contributed by atoms with van der Waals surface area (Å²) in [7, 11) is 0. The van der Waals surface area contributed by atoms with Gasteiger partial charge in [-0.15, -0.1) is 11.3 Å². The van der Waals surface area contributed by atoms with Crippen molar-refractivity contribution >= 4 is 43.0 Å². The fraction of sp³-hybridized carbons (Fsp3) is 0.125. The van der Waals surface area contributed by atoms with Crippen molar-refractivity contribution in [2.24, 2.45) is 5.73 Å². The van der Waals surface area contributed by atoms with Crippen molar-refractivity contribution in [3.05, 3.63) is 63.9 Å². The highest BCUT2D eigenvalue weighted by Gasteiger charge is 2.15. The van der Waals surface area contributed by atoms with Gasteiger partial charge in [0.25, 0.3) is 0 Å². The Morgan fingerprint density at radius 1 is 1.10 bits per heavy atom. The molecule has 2 nitrogen and oxygen atoms in total. The molecule has 0 spiro atoms. The monoisotopic (exact) mass is 346 g/mol. The summed E-state index contributed by atoms with van der Waals surface area (Å²) in [4.78, 5) is 0. The third-order valence-corrected chi connectivity index (χ3v) is 5.00. The van der Waals surface area contributed by atoms with Crippen molar-refractivity contribution in [2.75, 3.05) is 11.9 Å². The van der Waals surface area contributed by atoms with Crippen molar-refractivity contribution < 1.29 is 0 Å². The number of thiophene rings is 1. The summed E-state index contributed by atoms with van der Waals surface area (Å²) in [5, 5.41) is 7.01. The third-order valence-electron chi connectivity index (χ3n) is 3.33. The van der Waals surface area contributed by atoms with Crippen LogP contribution in [-0.2, 0) is 0 Å². The largest absolute Gasteiger partial charge is 0.376 e. The molecule has 0 aliphatic rings. The van der Waals surface area contributed by atoms with Gasteiger partial charge in [0.15, 0.2) is 0 Å². The van der Waals surface area contributed by atoms with Crippen molar-refractivity contribution in [1.82, 2.24) is 0 Å². The van der Waals surface area contributed by atoms with Gasteiger partial charge < -0.3 is 11.1 Å². The molecule has 3 aromatic rings. The normalized spacial score (nSPS) is 12.5. The Morgan fingerprint density at radius 3 is 2.65 bits per heavy atom. The van der Waals surface area contributed by atoms with Crippen LogP contribution in [-0.4, -0.2) is 6.54 Å². The Morgan fingerprint density at radius 2 is 1.85 bits per heavy atom. The molecular formula is C16H15BrN2S. The van der Waals surface area contributed by atoms with Gasteiger partial charge in [-0.1, -0.05) is 30.3 Å². The summed E-state index contributed by atoms with van der Waals surface area (Å²) in [5.41, 5.74) is 8.32. The number of nitrogens with one attached hydrogen (secondary N) is 1.